The summed E-state index contributed by atoms with van der Waals surface area (Å²) in [5.74, 6) is 0.155. The second kappa shape index (κ2) is 4.71. The summed E-state index contributed by atoms with van der Waals surface area (Å²) in [4.78, 5) is 16.3. The number of azo groups is 1. The molecule has 0 aliphatic heterocycles. The van der Waals surface area contributed by atoms with Crippen molar-refractivity contribution in [2.75, 3.05) is 5.73 Å². The summed E-state index contributed by atoms with van der Waals surface area (Å²) in [7, 11) is 0. The fourth-order valence-electron chi connectivity index (χ4n) is 1.17. The molecule has 2 aromatic rings. The zero-order chi connectivity index (χ0) is 12.3. The Balaban J connectivity index is 2.40. The number of aromatic nitrogens is 2. The van der Waals surface area contributed by atoms with Gasteiger partial charge >= 0.3 is 0 Å². The molecule has 0 amide bonds. The highest BCUT2D eigenvalue weighted by Gasteiger charge is 2.02. The van der Waals surface area contributed by atoms with E-state index in [2.05, 4.69) is 20.2 Å². The lowest BCUT2D eigenvalue weighted by molar-refractivity contribution is 1.06. The van der Waals surface area contributed by atoms with Gasteiger partial charge in [-0.3, -0.25) is 9.78 Å². The van der Waals surface area contributed by atoms with Crippen LogP contribution in [0, 0.1) is 4.77 Å². The van der Waals surface area contributed by atoms with Gasteiger partial charge in [0, 0.05) is 0 Å². The van der Waals surface area contributed by atoms with E-state index in [9.17, 15) is 4.79 Å². The van der Waals surface area contributed by atoms with Crippen LogP contribution in [0.25, 0.3) is 0 Å². The Labute approximate surface area is 101 Å². The van der Waals surface area contributed by atoms with Gasteiger partial charge in [-0.05, 0) is 24.4 Å². The Kier molecular flexibility index (Phi) is 3.10. The first kappa shape index (κ1) is 11.2. The fraction of sp³-hybridized carbons (Fsp3) is 0. The van der Waals surface area contributed by atoms with Crippen molar-refractivity contribution in [2.45, 2.75) is 0 Å². The molecule has 0 saturated carbocycles. The molecule has 6 nitrogen and oxygen atoms in total. The van der Waals surface area contributed by atoms with Crippen LogP contribution in [0.2, 0.25) is 0 Å². The molecule has 1 aromatic carbocycles. The summed E-state index contributed by atoms with van der Waals surface area (Å²) in [5, 5.41) is 7.79. The lowest BCUT2D eigenvalue weighted by Crippen LogP contribution is -2.12. The van der Waals surface area contributed by atoms with Gasteiger partial charge in [-0.25, -0.2) is 0 Å². The van der Waals surface area contributed by atoms with Crippen LogP contribution in [0.1, 0.15) is 0 Å². The number of aromatic amines is 2. The van der Waals surface area contributed by atoms with Gasteiger partial charge < -0.3 is 10.7 Å². The number of nitrogens with one attached hydrogen (secondary N) is 2. The minimum absolute atomic E-state index is 0.0433. The van der Waals surface area contributed by atoms with Gasteiger partial charge in [-0.1, -0.05) is 18.2 Å². The summed E-state index contributed by atoms with van der Waals surface area (Å²) in [6, 6.07) is 9.09. The number of nitrogens with zero attached hydrogens (tertiary/aromatic N) is 2. The highest BCUT2D eigenvalue weighted by Crippen LogP contribution is 2.18. The van der Waals surface area contributed by atoms with Gasteiger partial charge in [0.1, 0.15) is 5.69 Å². The van der Waals surface area contributed by atoms with Crippen LogP contribution in [0.15, 0.2) is 45.4 Å². The van der Waals surface area contributed by atoms with Crippen molar-refractivity contribution in [1.82, 2.24) is 9.97 Å². The summed E-state index contributed by atoms with van der Waals surface area (Å²) < 4.78 is 0.159. The Morgan fingerprint density at radius 1 is 1.12 bits per heavy atom. The molecule has 17 heavy (non-hydrogen) atoms. The first-order chi connectivity index (χ1) is 8.16. The van der Waals surface area contributed by atoms with E-state index < -0.39 is 5.56 Å². The normalized spacial score (nSPS) is 10.8. The average Bonchev–Trinajstić information content (AvgIpc) is 2.33. The lowest BCUT2D eigenvalue weighted by Gasteiger charge is -1.97. The fourth-order valence-corrected chi connectivity index (χ4v) is 1.35. The van der Waals surface area contributed by atoms with Crippen LogP contribution < -0.4 is 11.3 Å². The van der Waals surface area contributed by atoms with Crippen molar-refractivity contribution >= 4 is 29.4 Å². The van der Waals surface area contributed by atoms with Crippen molar-refractivity contribution in [3.8, 4) is 0 Å². The Morgan fingerprint density at radius 3 is 2.53 bits per heavy atom. The SMILES string of the molecule is Nc1c(N=Nc2ccccc2)[nH]c(=S)[nH]c1=O. The molecule has 0 fully saturated rings. The van der Waals surface area contributed by atoms with E-state index in [-0.39, 0.29) is 16.3 Å². The van der Waals surface area contributed by atoms with E-state index >= 15 is 0 Å². The van der Waals surface area contributed by atoms with Crippen LogP contribution in [-0.4, -0.2) is 9.97 Å². The van der Waals surface area contributed by atoms with Crippen LogP contribution in [0.4, 0.5) is 17.2 Å². The third-order valence-corrected chi connectivity index (χ3v) is 2.18. The van der Waals surface area contributed by atoms with Crippen molar-refractivity contribution in [2.24, 2.45) is 10.2 Å². The van der Waals surface area contributed by atoms with E-state index in [4.69, 9.17) is 18.0 Å². The maximum Gasteiger partial charge on any atom is 0.277 e. The van der Waals surface area contributed by atoms with Gasteiger partial charge in [0.2, 0.25) is 0 Å². The van der Waals surface area contributed by atoms with E-state index in [0.29, 0.717) is 5.69 Å². The van der Waals surface area contributed by atoms with Crippen molar-refractivity contribution in [1.29, 1.82) is 0 Å². The molecular formula is C10H9N5OS. The molecule has 0 atom stereocenters. The van der Waals surface area contributed by atoms with E-state index in [1.807, 2.05) is 18.2 Å². The number of hydrogen-bond donors (Lipinski definition) is 3. The zero-order valence-electron chi connectivity index (χ0n) is 8.68. The number of hydrogen-bond acceptors (Lipinski definition) is 5. The molecule has 1 aromatic heterocycles. The molecule has 0 saturated heterocycles. The number of H-pyrrole nitrogens is 2. The summed E-state index contributed by atoms with van der Waals surface area (Å²) in [6.45, 7) is 0. The Bertz CT molecular complexity index is 658. The highest BCUT2D eigenvalue weighted by atomic mass is 32.1. The monoisotopic (exact) mass is 247 g/mol. The summed E-state index contributed by atoms with van der Waals surface area (Å²) in [6.07, 6.45) is 0. The molecule has 86 valence electrons. The number of benzene rings is 1. The molecule has 0 aliphatic rings. The topological polar surface area (TPSA) is 99.4 Å². The molecule has 1 heterocycles. The van der Waals surface area contributed by atoms with Gasteiger partial charge in [0.15, 0.2) is 10.6 Å². The number of anilines is 1. The maximum absolute atomic E-state index is 11.3. The van der Waals surface area contributed by atoms with Crippen LogP contribution in [0.5, 0.6) is 0 Å². The first-order valence-corrected chi connectivity index (χ1v) is 5.16. The Morgan fingerprint density at radius 2 is 1.82 bits per heavy atom. The first-order valence-electron chi connectivity index (χ1n) is 4.75. The predicted molar refractivity (Wildman–Crippen MR) is 67.3 cm³/mol. The molecule has 0 bridgehead atoms. The van der Waals surface area contributed by atoms with Crippen molar-refractivity contribution < 1.29 is 0 Å². The number of nitrogen functional groups attached to an aromatic ring is 1. The van der Waals surface area contributed by atoms with Crippen LogP contribution in [-0.2, 0) is 0 Å². The zero-order valence-corrected chi connectivity index (χ0v) is 9.49. The number of nitrogens with two attached hydrogens (primary N) is 1. The quantitative estimate of drug-likeness (QED) is 0.561. The molecule has 0 spiro atoms. The van der Waals surface area contributed by atoms with Gasteiger partial charge in [0.05, 0.1) is 5.69 Å². The predicted octanol–water partition coefficient (Wildman–Crippen LogP) is 2.43. The van der Waals surface area contributed by atoms with Gasteiger partial charge in [0.25, 0.3) is 5.56 Å². The lowest BCUT2D eigenvalue weighted by atomic mass is 10.3. The van der Waals surface area contributed by atoms with Gasteiger partial charge in [-0.15, -0.1) is 10.2 Å². The third kappa shape index (κ3) is 2.64. The molecule has 0 radical (unpaired) electrons. The van der Waals surface area contributed by atoms with E-state index in [1.54, 1.807) is 12.1 Å². The van der Waals surface area contributed by atoms with Crippen LogP contribution in [0.3, 0.4) is 0 Å². The summed E-state index contributed by atoms with van der Waals surface area (Å²) in [5.41, 5.74) is 5.68. The van der Waals surface area contributed by atoms with E-state index in [1.165, 1.54) is 0 Å². The molecular weight excluding hydrogens is 238 g/mol. The molecule has 0 aliphatic carbocycles. The number of rotatable bonds is 2. The molecule has 4 N–H and O–H groups in total. The largest absolute Gasteiger partial charge is 0.391 e. The Hall–Kier alpha value is -2.28. The van der Waals surface area contributed by atoms with Gasteiger partial charge in [-0.2, -0.15) is 0 Å². The third-order valence-electron chi connectivity index (χ3n) is 1.98. The molecule has 7 heteroatoms. The summed E-state index contributed by atoms with van der Waals surface area (Å²) >= 11 is 4.81. The molecule has 0 unspecified atom stereocenters. The minimum Gasteiger partial charge on any atom is -0.391 e. The van der Waals surface area contributed by atoms with Crippen LogP contribution >= 0.6 is 12.2 Å². The average molecular weight is 247 g/mol. The second-order valence-corrected chi connectivity index (χ2v) is 3.61. The minimum atomic E-state index is -0.476. The highest BCUT2D eigenvalue weighted by molar-refractivity contribution is 7.71. The van der Waals surface area contributed by atoms with E-state index in [0.717, 1.165) is 0 Å². The molecule has 2 rings (SSSR count). The van der Waals surface area contributed by atoms with Crippen molar-refractivity contribution in [3.63, 3.8) is 0 Å². The standard InChI is InChI=1S/C10H9N5OS/c11-7-8(12-10(17)13-9(7)16)15-14-6-4-2-1-3-5-6/h1-5H,11H2,(H2,12,13,16,17). The maximum atomic E-state index is 11.3. The second-order valence-electron chi connectivity index (χ2n) is 3.21. The smallest absolute Gasteiger partial charge is 0.277 e. The van der Waals surface area contributed by atoms with Crippen molar-refractivity contribution in [3.05, 3.63) is 45.5 Å².